The maximum absolute atomic E-state index is 5.70. The second-order valence-electron chi connectivity index (χ2n) is 4.09. The SMILES string of the molecule is CC1CC(CN)CN1Cc1ccns1. The van der Waals surface area contributed by atoms with E-state index in [1.54, 1.807) is 11.5 Å². The smallest absolute Gasteiger partial charge is 0.0410 e. The molecule has 2 atom stereocenters. The molecule has 0 aliphatic carbocycles. The highest BCUT2D eigenvalue weighted by Crippen LogP contribution is 2.24. The van der Waals surface area contributed by atoms with Crippen molar-refractivity contribution in [3.8, 4) is 0 Å². The van der Waals surface area contributed by atoms with Gasteiger partial charge in [-0.25, -0.2) is 4.37 Å². The molecule has 1 fully saturated rings. The molecule has 1 aliphatic rings. The first-order chi connectivity index (χ1) is 6.79. The van der Waals surface area contributed by atoms with Crippen molar-refractivity contribution >= 4 is 11.5 Å². The molecular weight excluding hydrogens is 194 g/mol. The summed E-state index contributed by atoms with van der Waals surface area (Å²) in [6.45, 7) is 5.30. The maximum Gasteiger partial charge on any atom is 0.0410 e. The quantitative estimate of drug-likeness (QED) is 0.819. The van der Waals surface area contributed by atoms with E-state index in [9.17, 15) is 0 Å². The predicted octanol–water partition coefficient (Wildman–Crippen LogP) is 1.31. The van der Waals surface area contributed by atoms with Crippen LogP contribution in [0.5, 0.6) is 0 Å². The van der Waals surface area contributed by atoms with Crippen LogP contribution in [0, 0.1) is 5.92 Å². The highest BCUT2D eigenvalue weighted by molar-refractivity contribution is 7.05. The number of nitrogens with two attached hydrogens (primary N) is 1. The number of likely N-dealkylation sites (tertiary alicyclic amines) is 1. The molecule has 0 amide bonds. The van der Waals surface area contributed by atoms with Gasteiger partial charge in [0.15, 0.2) is 0 Å². The summed E-state index contributed by atoms with van der Waals surface area (Å²) in [4.78, 5) is 3.86. The lowest BCUT2D eigenvalue weighted by Crippen LogP contribution is -2.26. The zero-order valence-electron chi connectivity index (χ0n) is 8.52. The van der Waals surface area contributed by atoms with Crippen LogP contribution < -0.4 is 5.73 Å². The van der Waals surface area contributed by atoms with Crippen molar-refractivity contribution in [2.45, 2.75) is 25.9 Å². The summed E-state index contributed by atoms with van der Waals surface area (Å²) in [5.41, 5.74) is 5.70. The summed E-state index contributed by atoms with van der Waals surface area (Å²) >= 11 is 1.60. The van der Waals surface area contributed by atoms with Crippen LogP contribution >= 0.6 is 11.5 Å². The monoisotopic (exact) mass is 211 g/mol. The van der Waals surface area contributed by atoms with Crippen LogP contribution in [0.1, 0.15) is 18.2 Å². The third-order valence-electron chi connectivity index (χ3n) is 2.97. The summed E-state index contributed by atoms with van der Waals surface area (Å²) in [6, 6.07) is 2.78. The maximum atomic E-state index is 5.70. The highest BCUT2D eigenvalue weighted by Gasteiger charge is 2.27. The van der Waals surface area contributed by atoms with Crippen molar-refractivity contribution in [3.05, 3.63) is 17.1 Å². The molecule has 4 heteroatoms. The number of hydrogen-bond acceptors (Lipinski definition) is 4. The third kappa shape index (κ3) is 2.13. The molecule has 1 aromatic rings. The topological polar surface area (TPSA) is 42.1 Å². The van der Waals surface area contributed by atoms with Gasteiger partial charge >= 0.3 is 0 Å². The van der Waals surface area contributed by atoms with Crippen LogP contribution in [-0.4, -0.2) is 28.4 Å². The summed E-state index contributed by atoms with van der Waals surface area (Å²) in [5, 5.41) is 0. The fraction of sp³-hybridized carbons (Fsp3) is 0.700. The fourth-order valence-electron chi connectivity index (χ4n) is 2.13. The minimum atomic E-state index is 0.672. The van der Waals surface area contributed by atoms with Gasteiger partial charge in [-0.3, -0.25) is 4.90 Å². The molecule has 0 spiro atoms. The van der Waals surface area contributed by atoms with Crippen LogP contribution in [0.3, 0.4) is 0 Å². The first-order valence-electron chi connectivity index (χ1n) is 5.13. The van der Waals surface area contributed by atoms with Gasteiger partial charge in [0.25, 0.3) is 0 Å². The van der Waals surface area contributed by atoms with Gasteiger partial charge in [-0.1, -0.05) is 0 Å². The van der Waals surface area contributed by atoms with E-state index in [-0.39, 0.29) is 0 Å². The molecular formula is C10H17N3S. The van der Waals surface area contributed by atoms with E-state index >= 15 is 0 Å². The molecule has 2 heterocycles. The largest absolute Gasteiger partial charge is 0.330 e. The van der Waals surface area contributed by atoms with E-state index in [4.69, 9.17) is 5.73 Å². The van der Waals surface area contributed by atoms with Crippen molar-refractivity contribution in [2.75, 3.05) is 13.1 Å². The molecule has 0 aromatic carbocycles. The van der Waals surface area contributed by atoms with Crippen molar-refractivity contribution in [3.63, 3.8) is 0 Å². The number of aromatic nitrogens is 1. The molecule has 0 radical (unpaired) electrons. The Bertz CT molecular complexity index is 273. The molecule has 2 rings (SSSR count). The average molecular weight is 211 g/mol. The molecule has 1 aliphatic heterocycles. The first kappa shape index (κ1) is 10.1. The second kappa shape index (κ2) is 4.38. The average Bonchev–Trinajstić information content (AvgIpc) is 2.78. The molecule has 2 N–H and O–H groups in total. The third-order valence-corrected chi connectivity index (χ3v) is 3.70. The summed E-state index contributed by atoms with van der Waals surface area (Å²) < 4.78 is 4.12. The number of hydrogen-bond donors (Lipinski definition) is 1. The summed E-state index contributed by atoms with van der Waals surface area (Å²) in [6.07, 6.45) is 3.12. The van der Waals surface area contributed by atoms with Gasteiger partial charge in [-0.2, -0.15) is 0 Å². The van der Waals surface area contributed by atoms with Crippen molar-refractivity contribution < 1.29 is 0 Å². The Morgan fingerprint density at radius 3 is 3.14 bits per heavy atom. The molecule has 0 saturated carbocycles. The Morgan fingerprint density at radius 1 is 1.71 bits per heavy atom. The standard InChI is InChI=1S/C10H17N3S/c1-8-4-9(5-11)6-13(8)7-10-2-3-12-14-10/h2-3,8-9H,4-7,11H2,1H3. The Labute approximate surface area is 89.1 Å². The van der Waals surface area contributed by atoms with E-state index in [2.05, 4.69) is 22.3 Å². The lowest BCUT2D eigenvalue weighted by molar-refractivity contribution is 0.258. The Balaban J connectivity index is 1.93. The molecule has 2 unspecified atom stereocenters. The Hall–Kier alpha value is -0.450. The molecule has 1 aromatic heterocycles. The zero-order chi connectivity index (χ0) is 9.97. The van der Waals surface area contributed by atoms with Gasteiger partial charge in [0.2, 0.25) is 0 Å². The van der Waals surface area contributed by atoms with Gasteiger partial charge in [0.05, 0.1) is 0 Å². The van der Waals surface area contributed by atoms with Gasteiger partial charge in [0, 0.05) is 30.2 Å². The summed E-state index contributed by atoms with van der Waals surface area (Å²) in [7, 11) is 0. The van der Waals surface area contributed by atoms with Gasteiger partial charge in [0.1, 0.15) is 0 Å². The van der Waals surface area contributed by atoms with E-state index in [0.29, 0.717) is 12.0 Å². The van der Waals surface area contributed by atoms with Gasteiger partial charge in [-0.15, -0.1) is 0 Å². The van der Waals surface area contributed by atoms with Crippen LogP contribution in [0.25, 0.3) is 0 Å². The number of nitrogens with zero attached hydrogens (tertiary/aromatic N) is 2. The number of rotatable bonds is 3. The Morgan fingerprint density at radius 2 is 2.57 bits per heavy atom. The van der Waals surface area contributed by atoms with E-state index in [1.807, 2.05) is 6.20 Å². The molecule has 0 bridgehead atoms. The minimum absolute atomic E-state index is 0.672. The zero-order valence-corrected chi connectivity index (χ0v) is 9.33. The van der Waals surface area contributed by atoms with E-state index in [0.717, 1.165) is 19.6 Å². The minimum Gasteiger partial charge on any atom is -0.330 e. The molecule has 3 nitrogen and oxygen atoms in total. The van der Waals surface area contributed by atoms with Crippen LogP contribution in [0.15, 0.2) is 12.3 Å². The van der Waals surface area contributed by atoms with E-state index in [1.165, 1.54) is 11.3 Å². The van der Waals surface area contributed by atoms with E-state index < -0.39 is 0 Å². The van der Waals surface area contributed by atoms with Crippen LogP contribution in [-0.2, 0) is 6.54 Å². The predicted molar refractivity (Wildman–Crippen MR) is 59.1 cm³/mol. The second-order valence-corrected chi connectivity index (χ2v) is 5.01. The lowest BCUT2D eigenvalue weighted by atomic mass is 10.1. The molecule has 1 saturated heterocycles. The van der Waals surface area contributed by atoms with Crippen LogP contribution in [0.2, 0.25) is 0 Å². The van der Waals surface area contributed by atoms with Crippen molar-refractivity contribution in [1.29, 1.82) is 0 Å². The van der Waals surface area contributed by atoms with Crippen LogP contribution in [0.4, 0.5) is 0 Å². The highest BCUT2D eigenvalue weighted by atomic mass is 32.1. The van der Waals surface area contributed by atoms with Crippen molar-refractivity contribution in [1.82, 2.24) is 9.27 Å². The van der Waals surface area contributed by atoms with Gasteiger partial charge < -0.3 is 5.73 Å². The lowest BCUT2D eigenvalue weighted by Gasteiger charge is -2.19. The van der Waals surface area contributed by atoms with Crippen molar-refractivity contribution in [2.24, 2.45) is 11.7 Å². The summed E-state index contributed by atoms with van der Waals surface area (Å²) in [5.74, 6) is 0.693. The van der Waals surface area contributed by atoms with Gasteiger partial charge in [-0.05, 0) is 43.4 Å². The Kier molecular flexibility index (Phi) is 3.15. The molecule has 14 heavy (non-hydrogen) atoms. The first-order valence-corrected chi connectivity index (χ1v) is 5.90. The normalized spacial score (nSPS) is 28.4. The fourth-order valence-corrected chi connectivity index (χ4v) is 2.73. The molecule has 78 valence electrons.